The lowest BCUT2D eigenvalue weighted by Crippen LogP contribution is -2.15. The molecule has 0 aromatic heterocycles. The number of nitro benzene ring substituents is 1. The Bertz CT molecular complexity index is 1170. The number of ether oxygens (including phenoxy) is 1. The van der Waals surface area contributed by atoms with E-state index in [0.717, 1.165) is 5.56 Å². The number of nitro groups is 1. The van der Waals surface area contributed by atoms with Gasteiger partial charge in [-0.25, -0.2) is 4.79 Å². The van der Waals surface area contributed by atoms with E-state index < -0.39 is 16.8 Å². The van der Waals surface area contributed by atoms with E-state index in [1.54, 1.807) is 60.7 Å². The van der Waals surface area contributed by atoms with Gasteiger partial charge in [0.05, 0.1) is 17.6 Å². The molecule has 31 heavy (non-hydrogen) atoms. The second-order valence-electron chi connectivity index (χ2n) is 6.75. The summed E-state index contributed by atoms with van der Waals surface area (Å²) in [4.78, 5) is 35.7. The Morgan fingerprint density at radius 3 is 2.39 bits per heavy atom. The summed E-state index contributed by atoms with van der Waals surface area (Å²) in [6.45, 7) is 1.81. The molecule has 0 saturated carbocycles. The Kier molecular flexibility index (Phi) is 6.57. The monoisotopic (exact) mass is 416 g/mol. The second-order valence-corrected chi connectivity index (χ2v) is 6.75. The molecule has 0 aliphatic carbocycles. The zero-order valence-corrected chi connectivity index (χ0v) is 17.0. The number of amides is 1. The third-order valence-electron chi connectivity index (χ3n) is 4.63. The molecule has 0 saturated heterocycles. The summed E-state index contributed by atoms with van der Waals surface area (Å²) in [5.41, 5.74) is 2.97. The molecule has 0 fully saturated rings. The lowest BCUT2D eigenvalue weighted by atomic mass is 10.0. The number of hydrogen-bond donors (Lipinski definition) is 1. The maximum Gasteiger partial charge on any atom is 0.337 e. The van der Waals surface area contributed by atoms with E-state index in [-0.39, 0.29) is 5.69 Å². The summed E-state index contributed by atoms with van der Waals surface area (Å²) in [5, 5.41) is 13.9. The molecule has 156 valence electrons. The molecule has 7 heteroatoms. The summed E-state index contributed by atoms with van der Waals surface area (Å²) < 4.78 is 4.74. The van der Waals surface area contributed by atoms with Gasteiger partial charge in [0, 0.05) is 23.4 Å². The molecule has 0 heterocycles. The number of esters is 1. The van der Waals surface area contributed by atoms with E-state index in [2.05, 4.69) is 5.32 Å². The first-order valence-electron chi connectivity index (χ1n) is 9.41. The van der Waals surface area contributed by atoms with Crippen LogP contribution in [-0.2, 0) is 9.53 Å². The van der Waals surface area contributed by atoms with Crippen LogP contribution in [0.25, 0.3) is 11.6 Å². The van der Waals surface area contributed by atoms with Crippen molar-refractivity contribution in [2.45, 2.75) is 6.92 Å². The van der Waals surface area contributed by atoms with Crippen LogP contribution < -0.4 is 5.32 Å². The van der Waals surface area contributed by atoms with Gasteiger partial charge < -0.3 is 10.1 Å². The molecule has 0 aliphatic rings. The van der Waals surface area contributed by atoms with Crippen molar-refractivity contribution in [2.75, 3.05) is 12.4 Å². The molecule has 7 nitrogen and oxygen atoms in total. The maximum absolute atomic E-state index is 13.2. The minimum atomic E-state index is -0.508. The maximum atomic E-state index is 13.2. The zero-order chi connectivity index (χ0) is 22.4. The predicted molar refractivity (Wildman–Crippen MR) is 119 cm³/mol. The highest BCUT2D eigenvalue weighted by Crippen LogP contribution is 2.24. The van der Waals surface area contributed by atoms with Gasteiger partial charge in [-0.2, -0.15) is 0 Å². The average molecular weight is 416 g/mol. The normalized spacial score (nSPS) is 11.0. The van der Waals surface area contributed by atoms with Crippen molar-refractivity contribution in [1.29, 1.82) is 0 Å². The number of carbonyl (C=O) groups excluding carboxylic acids is 2. The second kappa shape index (κ2) is 9.49. The smallest absolute Gasteiger partial charge is 0.337 e. The molecule has 1 amide bonds. The van der Waals surface area contributed by atoms with Gasteiger partial charge in [0.2, 0.25) is 0 Å². The Morgan fingerprint density at radius 1 is 0.968 bits per heavy atom. The molecule has 0 unspecified atom stereocenters. The summed E-state index contributed by atoms with van der Waals surface area (Å²) in [6, 6.07) is 19.9. The van der Waals surface area contributed by atoms with Crippen LogP contribution in [0.1, 0.15) is 27.0 Å². The van der Waals surface area contributed by atoms with Gasteiger partial charge in [-0.1, -0.05) is 48.5 Å². The summed E-state index contributed by atoms with van der Waals surface area (Å²) in [7, 11) is 1.29. The van der Waals surface area contributed by atoms with Crippen LogP contribution in [0, 0.1) is 17.0 Å². The lowest BCUT2D eigenvalue weighted by Gasteiger charge is -2.13. The number of anilines is 1. The van der Waals surface area contributed by atoms with Gasteiger partial charge in [-0.15, -0.1) is 0 Å². The summed E-state index contributed by atoms with van der Waals surface area (Å²) in [6.07, 6.45) is 1.59. The molecule has 3 aromatic carbocycles. The highest BCUT2D eigenvalue weighted by atomic mass is 16.6. The van der Waals surface area contributed by atoms with Crippen LogP contribution >= 0.6 is 0 Å². The highest BCUT2D eigenvalue weighted by Gasteiger charge is 2.16. The van der Waals surface area contributed by atoms with E-state index in [9.17, 15) is 19.7 Å². The number of aryl methyl sites for hydroxylation is 1. The Morgan fingerprint density at radius 2 is 1.71 bits per heavy atom. The standard InChI is InChI=1S/C24H20N2O5/c1-16-11-12-19(24(28)31-2)15-22(16)25-23(27)21(18-8-4-3-5-9-18)14-17-7-6-10-20(13-17)26(29)30/h3-15H,1-2H3,(H,25,27). The first-order chi connectivity index (χ1) is 14.9. The number of nitrogens with zero attached hydrogens (tertiary/aromatic N) is 1. The number of benzene rings is 3. The van der Waals surface area contributed by atoms with Crippen LogP contribution in [0.3, 0.4) is 0 Å². The van der Waals surface area contributed by atoms with Crippen molar-refractivity contribution >= 4 is 34.9 Å². The fraction of sp³-hybridized carbons (Fsp3) is 0.0833. The fourth-order valence-electron chi connectivity index (χ4n) is 2.98. The molecule has 0 bridgehead atoms. The summed E-state index contributed by atoms with van der Waals surface area (Å²) >= 11 is 0. The molecule has 3 aromatic rings. The Labute approximate surface area is 179 Å². The Hall–Kier alpha value is -4.26. The number of rotatable bonds is 6. The SMILES string of the molecule is COC(=O)c1ccc(C)c(NC(=O)C(=Cc2cccc([N+](=O)[O-])c2)c2ccccc2)c1. The van der Waals surface area contributed by atoms with E-state index in [4.69, 9.17) is 4.74 Å². The minimum absolute atomic E-state index is 0.0665. The molecular formula is C24H20N2O5. The van der Waals surface area contributed by atoms with Crippen molar-refractivity contribution in [3.8, 4) is 0 Å². The average Bonchev–Trinajstić information content (AvgIpc) is 2.79. The fourth-order valence-corrected chi connectivity index (χ4v) is 2.98. The van der Waals surface area contributed by atoms with E-state index >= 15 is 0 Å². The van der Waals surface area contributed by atoms with E-state index in [0.29, 0.717) is 28.0 Å². The number of non-ortho nitro benzene ring substituents is 1. The molecule has 0 spiro atoms. The van der Waals surface area contributed by atoms with Crippen LogP contribution in [0.4, 0.5) is 11.4 Å². The Balaban J connectivity index is 2.01. The van der Waals surface area contributed by atoms with Crippen molar-refractivity contribution in [3.05, 3.63) is 105 Å². The molecule has 0 aliphatic heterocycles. The molecule has 3 rings (SSSR count). The lowest BCUT2D eigenvalue weighted by molar-refractivity contribution is -0.384. The number of methoxy groups -OCH3 is 1. The van der Waals surface area contributed by atoms with Crippen molar-refractivity contribution in [1.82, 2.24) is 0 Å². The topological polar surface area (TPSA) is 98.5 Å². The highest BCUT2D eigenvalue weighted by molar-refractivity contribution is 6.29. The quantitative estimate of drug-likeness (QED) is 0.203. The van der Waals surface area contributed by atoms with Crippen LogP contribution in [0.15, 0.2) is 72.8 Å². The first kappa shape index (κ1) is 21.4. The molecular weight excluding hydrogens is 396 g/mol. The minimum Gasteiger partial charge on any atom is -0.465 e. The van der Waals surface area contributed by atoms with Gasteiger partial charge in [-0.05, 0) is 41.8 Å². The van der Waals surface area contributed by atoms with Crippen molar-refractivity contribution in [3.63, 3.8) is 0 Å². The number of carbonyl (C=O) groups is 2. The molecule has 1 N–H and O–H groups in total. The van der Waals surface area contributed by atoms with Crippen molar-refractivity contribution < 1.29 is 19.2 Å². The zero-order valence-electron chi connectivity index (χ0n) is 17.0. The van der Waals surface area contributed by atoms with Gasteiger partial charge in [0.25, 0.3) is 11.6 Å². The van der Waals surface area contributed by atoms with Crippen LogP contribution in [-0.4, -0.2) is 23.9 Å². The predicted octanol–water partition coefficient (Wildman–Crippen LogP) is 4.87. The van der Waals surface area contributed by atoms with E-state index in [1.165, 1.54) is 19.2 Å². The third kappa shape index (κ3) is 5.22. The van der Waals surface area contributed by atoms with Crippen molar-refractivity contribution in [2.24, 2.45) is 0 Å². The first-order valence-corrected chi connectivity index (χ1v) is 9.41. The van der Waals surface area contributed by atoms with Crippen LogP contribution in [0.2, 0.25) is 0 Å². The van der Waals surface area contributed by atoms with E-state index in [1.807, 2.05) is 13.0 Å². The number of hydrogen-bond acceptors (Lipinski definition) is 5. The molecule has 0 radical (unpaired) electrons. The third-order valence-corrected chi connectivity index (χ3v) is 4.63. The van der Waals surface area contributed by atoms with Gasteiger partial charge in [0.1, 0.15) is 0 Å². The summed E-state index contributed by atoms with van der Waals surface area (Å²) in [5.74, 6) is -0.922. The largest absolute Gasteiger partial charge is 0.465 e. The molecule has 0 atom stereocenters. The van der Waals surface area contributed by atoms with Gasteiger partial charge in [-0.3, -0.25) is 14.9 Å². The van der Waals surface area contributed by atoms with Gasteiger partial charge in [0.15, 0.2) is 0 Å². The van der Waals surface area contributed by atoms with Gasteiger partial charge >= 0.3 is 5.97 Å². The number of nitrogens with one attached hydrogen (secondary N) is 1. The van der Waals surface area contributed by atoms with Crippen LogP contribution in [0.5, 0.6) is 0 Å².